The quantitative estimate of drug-likeness (QED) is 0.866. The fraction of sp³-hybridized carbons (Fsp3) is 0.583. The second-order valence-electron chi connectivity index (χ2n) is 4.54. The number of carbonyl (C=O) groups excluding carboxylic acids is 1. The molecular weight excluding hydrogens is 234 g/mol. The lowest BCUT2D eigenvalue weighted by Crippen LogP contribution is -2.50. The minimum Gasteiger partial charge on any atom is -0.480 e. The molecule has 18 heavy (non-hydrogen) atoms. The standard InChI is InChI=1S/C12H17N3O3/c1-9(15-8-4-6-13-15)11(16)14-7-3-2-5-10(14)12(17)18/h4,6,8-10H,2-3,5,7H2,1H3,(H,17,18)/t9?,10-/m0/s1. The third kappa shape index (κ3) is 2.37. The Morgan fingerprint density at radius 2 is 2.22 bits per heavy atom. The number of aliphatic carboxylic acids is 1. The zero-order chi connectivity index (χ0) is 13.1. The minimum absolute atomic E-state index is 0.175. The number of carbonyl (C=O) groups is 2. The monoisotopic (exact) mass is 251 g/mol. The maximum atomic E-state index is 12.3. The predicted octanol–water partition coefficient (Wildman–Crippen LogP) is 0.910. The molecular formula is C12H17N3O3. The van der Waals surface area contributed by atoms with Gasteiger partial charge in [-0.3, -0.25) is 9.48 Å². The summed E-state index contributed by atoms with van der Waals surface area (Å²) in [6.07, 6.45) is 5.57. The molecule has 0 radical (unpaired) electrons. The highest BCUT2D eigenvalue weighted by molar-refractivity contribution is 5.86. The van der Waals surface area contributed by atoms with E-state index in [0.29, 0.717) is 13.0 Å². The average molecular weight is 251 g/mol. The minimum atomic E-state index is -0.921. The second-order valence-corrected chi connectivity index (χ2v) is 4.54. The Morgan fingerprint density at radius 3 is 2.83 bits per heavy atom. The van der Waals surface area contributed by atoms with Crippen LogP contribution in [0.15, 0.2) is 18.5 Å². The molecule has 6 nitrogen and oxygen atoms in total. The van der Waals surface area contributed by atoms with E-state index in [2.05, 4.69) is 5.10 Å². The van der Waals surface area contributed by atoms with E-state index in [1.807, 2.05) is 0 Å². The third-order valence-corrected chi connectivity index (χ3v) is 3.35. The van der Waals surface area contributed by atoms with Crippen molar-refractivity contribution < 1.29 is 14.7 Å². The fourth-order valence-corrected chi connectivity index (χ4v) is 2.31. The number of aromatic nitrogens is 2. The number of rotatable bonds is 3. The van der Waals surface area contributed by atoms with Crippen molar-refractivity contribution in [2.24, 2.45) is 0 Å². The van der Waals surface area contributed by atoms with Gasteiger partial charge in [0.05, 0.1) is 0 Å². The largest absolute Gasteiger partial charge is 0.480 e. The summed E-state index contributed by atoms with van der Waals surface area (Å²) in [6.45, 7) is 2.25. The van der Waals surface area contributed by atoms with Crippen molar-refractivity contribution >= 4 is 11.9 Å². The van der Waals surface area contributed by atoms with E-state index in [0.717, 1.165) is 12.8 Å². The number of hydrogen-bond donors (Lipinski definition) is 1. The summed E-state index contributed by atoms with van der Waals surface area (Å²) in [5.74, 6) is -1.10. The van der Waals surface area contributed by atoms with E-state index in [4.69, 9.17) is 5.11 Å². The van der Waals surface area contributed by atoms with Crippen molar-refractivity contribution in [3.8, 4) is 0 Å². The predicted molar refractivity (Wildman–Crippen MR) is 63.9 cm³/mol. The smallest absolute Gasteiger partial charge is 0.326 e. The Balaban J connectivity index is 2.13. The Morgan fingerprint density at radius 1 is 1.44 bits per heavy atom. The van der Waals surface area contributed by atoms with E-state index < -0.39 is 18.1 Å². The van der Waals surface area contributed by atoms with E-state index in [1.54, 1.807) is 30.1 Å². The lowest BCUT2D eigenvalue weighted by Gasteiger charge is -2.34. The summed E-state index contributed by atoms with van der Waals surface area (Å²) in [7, 11) is 0. The van der Waals surface area contributed by atoms with Gasteiger partial charge in [0.25, 0.3) is 0 Å². The highest BCUT2D eigenvalue weighted by atomic mass is 16.4. The van der Waals surface area contributed by atoms with Crippen molar-refractivity contribution in [3.63, 3.8) is 0 Å². The summed E-state index contributed by atoms with van der Waals surface area (Å²) in [6, 6.07) is 0.596. The summed E-state index contributed by atoms with van der Waals surface area (Å²) in [5, 5.41) is 13.2. The molecule has 2 rings (SSSR count). The number of carboxylic acid groups (broad SMARTS) is 1. The van der Waals surface area contributed by atoms with Crippen LogP contribution in [0.3, 0.4) is 0 Å². The van der Waals surface area contributed by atoms with Gasteiger partial charge in [0.15, 0.2) is 0 Å². The van der Waals surface area contributed by atoms with E-state index in [1.165, 1.54) is 4.90 Å². The number of amides is 1. The van der Waals surface area contributed by atoms with Gasteiger partial charge >= 0.3 is 5.97 Å². The van der Waals surface area contributed by atoms with Crippen LogP contribution in [0.1, 0.15) is 32.2 Å². The zero-order valence-electron chi connectivity index (χ0n) is 10.3. The van der Waals surface area contributed by atoms with Crippen LogP contribution < -0.4 is 0 Å². The van der Waals surface area contributed by atoms with Gasteiger partial charge in [0.2, 0.25) is 5.91 Å². The molecule has 1 saturated heterocycles. The SMILES string of the molecule is CC(C(=O)N1CCCC[C@H]1C(=O)O)n1cccn1. The molecule has 1 aliphatic heterocycles. The molecule has 1 N–H and O–H groups in total. The molecule has 1 aromatic heterocycles. The maximum Gasteiger partial charge on any atom is 0.326 e. The van der Waals surface area contributed by atoms with Crippen LogP contribution in [0.4, 0.5) is 0 Å². The molecule has 0 saturated carbocycles. The Hall–Kier alpha value is -1.85. The molecule has 0 aliphatic carbocycles. The fourth-order valence-electron chi connectivity index (χ4n) is 2.31. The molecule has 1 fully saturated rings. The Labute approximate surface area is 105 Å². The van der Waals surface area contributed by atoms with Gasteiger partial charge in [-0.2, -0.15) is 5.10 Å². The Kier molecular flexibility index (Phi) is 3.64. The lowest BCUT2D eigenvalue weighted by molar-refractivity contribution is -0.153. The van der Waals surface area contributed by atoms with Gasteiger partial charge in [-0.25, -0.2) is 4.79 Å². The molecule has 6 heteroatoms. The van der Waals surface area contributed by atoms with Gasteiger partial charge in [0, 0.05) is 18.9 Å². The van der Waals surface area contributed by atoms with Crippen LogP contribution >= 0.6 is 0 Å². The maximum absolute atomic E-state index is 12.3. The molecule has 98 valence electrons. The van der Waals surface area contributed by atoms with E-state index in [-0.39, 0.29) is 5.91 Å². The molecule has 1 aromatic rings. The van der Waals surface area contributed by atoms with Crippen molar-refractivity contribution in [3.05, 3.63) is 18.5 Å². The second kappa shape index (κ2) is 5.20. The molecule has 2 atom stereocenters. The highest BCUT2D eigenvalue weighted by Crippen LogP contribution is 2.21. The highest BCUT2D eigenvalue weighted by Gasteiger charge is 2.34. The van der Waals surface area contributed by atoms with Crippen LogP contribution in [-0.4, -0.2) is 44.3 Å². The van der Waals surface area contributed by atoms with Crippen LogP contribution in [0.5, 0.6) is 0 Å². The topological polar surface area (TPSA) is 75.4 Å². The van der Waals surface area contributed by atoms with Crippen LogP contribution in [0.2, 0.25) is 0 Å². The normalized spacial score (nSPS) is 21.6. The van der Waals surface area contributed by atoms with Gasteiger partial charge in [-0.05, 0) is 32.3 Å². The van der Waals surface area contributed by atoms with Crippen LogP contribution in [0.25, 0.3) is 0 Å². The Bertz CT molecular complexity index is 430. The summed E-state index contributed by atoms with van der Waals surface area (Å²) >= 11 is 0. The van der Waals surface area contributed by atoms with Gasteiger partial charge in [0.1, 0.15) is 12.1 Å². The number of nitrogens with zero attached hydrogens (tertiary/aromatic N) is 3. The van der Waals surface area contributed by atoms with Crippen molar-refractivity contribution in [2.75, 3.05) is 6.54 Å². The first-order valence-corrected chi connectivity index (χ1v) is 6.13. The van der Waals surface area contributed by atoms with E-state index in [9.17, 15) is 9.59 Å². The van der Waals surface area contributed by atoms with E-state index >= 15 is 0 Å². The molecule has 1 aliphatic rings. The summed E-state index contributed by atoms with van der Waals surface area (Å²) in [5.41, 5.74) is 0. The first-order chi connectivity index (χ1) is 8.61. The first kappa shape index (κ1) is 12.6. The number of likely N-dealkylation sites (tertiary alicyclic amines) is 1. The third-order valence-electron chi connectivity index (χ3n) is 3.35. The number of piperidine rings is 1. The molecule has 1 amide bonds. The van der Waals surface area contributed by atoms with Crippen molar-refractivity contribution in [1.29, 1.82) is 0 Å². The van der Waals surface area contributed by atoms with Crippen LogP contribution in [-0.2, 0) is 9.59 Å². The van der Waals surface area contributed by atoms with Crippen molar-refractivity contribution in [2.45, 2.75) is 38.3 Å². The summed E-state index contributed by atoms with van der Waals surface area (Å²) in [4.78, 5) is 24.9. The van der Waals surface area contributed by atoms with Gasteiger partial charge in [-0.1, -0.05) is 0 Å². The van der Waals surface area contributed by atoms with Crippen molar-refractivity contribution in [1.82, 2.24) is 14.7 Å². The van der Waals surface area contributed by atoms with Crippen LogP contribution in [0, 0.1) is 0 Å². The molecule has 1 unspecified atom stereocenters. The molecule has 0 bridgehead atoms. The molecule has 2 heterocycles. The number of carboxylic acids is 1. The summed E-state index contributed by atoms with van der Waals surface area (Å²) < 4.78 is 1.55. The number of hydrogen-bond acceptors (Lipinski definition) is 3. The molecule has 0 spiro atoms. The first-order valence-electron chi connectivity index (χ1n) is 6.13. The van der Waals surface area contributed by atoms with Gasteiger partial charge < -0.3 is 10.0 Å². The molecule has 0 aromatic carbocycles. The lowest BCUT2D eigenvalue weighted by atomic mass is 10.0. The average Bonchev–Trinajstić information content (AvgIpc) is 2.90. The van der Waals surface area contributed by atoms with Gasteiger partial charge in [-0.15, -0.1) is 0 Å². The zero-order valence-corrected chi connectivity index (χ0v) is 10.3.